The number of benzene rings is 1. The zero-order chi connectivity index (χ0) is 11.7. The zero-order valence-corrected chi connectivity index (χ0v) is 9.89. The Morgan fingerprint density at radius 2 is 1.88 bits per heavy atom. The van der Waals surface area contributed by atoms with Gasteiger partial charge >= 0.3 is 0 Å². The molecule has 3 rings (SSSR count). The minimum atomic E-state index is 0.782. The molecule has 2 aromatic heterocycles. The van der Waals surface area contributed by atoms with Gasteiger partial charge in [0.1, 0.15) is 5.65 Å². The Kier molecular flexibility index (Phi) is 2.49. The SMILES string of the molecule is Nc1ccc(Sn2ccc3cccnc32)cc1. The van der Waals surface area contributed by atoms with Crippen molar-refractivity contribution in [2.75, 3.05) is 5.73 Å². The molecule has 0 saturated heterocycles. The molecule has 3 aromatic rings. The zero-order valence-electron chi connectivity index (χ0n) is 9.08. The number of aromatic nitrogens is 2. The molecule has 84 valence electrons. The number of anilines is 1. The first kappa shape index (κ1) is 10.2. The Morgan fingerprint density at radius 1 is 1.06 bits per heavy atom. The Hall–Kier alpha value is -1.94. The van der Waals surface area contributed by atoms with Crippen LogP contribution in [-0.2, 0) is 0 Å². The summed E-state index contributed by atoms with van der Waals surface area (Å²) in [6.45, 7) is 0. The monoisotopic (exact) mass is 241 g/mol. The van der Waals surface area contributed by atoms with Gasteiger partial charge in [-0.25, -0.2) is 4.98 Å². The van der Waals surface area contributed by atoms with E-state index >= 15 is 0 Å². The average molecular weight is 241 g/mol. The number of hydrogen-bond acceptors (Lipinski definition) is 3. The van der Waals surface area contributed by atoms with E-state index in [1.807, 2.05) is 42.7 Å². The highest BCUT2D eigenvalue weighted by Crippen LogP contribution is 2.25. The van der Waals surface area contributed by atoms with E-state index in [0.29, 0.717) is 0 Å². The maximum atomic E-state index is 5.66. The largest absolute Gasteiger partial charge is 0.399 e. The van der Waals surface area contributed by atoms with Gasteiger partial charge in [0.15, 0.2) is 0 Å². The molecule has 0 radical (unpaired) electrons. The Balaban J connectivity index is 1.97. The topological polar surface area (TPSA) is 43.8 Å². The third kappa shape index (κ3) is 1.99. The van der Waals surface area contributed by atoms with Crippen LogP contribution >= 0.6 is 11.9 Å². The second-order valence-electron chi connectivity index (χ2n) is 3.72. The average Bonchev–Trinajstić information content (AvgIpc) is 2.76. The number of rotatable bonds is 2. The number of nitrogens with zero attached hydrogens (tertiary/aromatic N) is 2. The number of hydrogen-bond donors (Lipinski definition) is 1. The molecule has 17 heavy (non-hydrogen) atoms. The van der Waals surface area contributed by atoms with Crippen LogP contribution in [-0.4, -0.2) is 8.96 Å². The number of fused-ring (bicyclic) bond motifs is 1. The van der Waals surface area contributed by atoms with Gasteiger partial charge in [-0.2, -0.15) is 0 Å². The fourth-order valence-corrected chi connectivity index (χ4v) is 2.50. The van der Waals surface area contributed by atoms with Crippen LogP contribution < -0.4 is 5.73 Å². The van der Waals surface area contributed by atoms with Crippen LogP contribution in [0.1, 0.15) is 0 Å². The summed E-state index contributed by atoms with van der Waals surface area (Å²) in [5, 5.41) is 1.15. The van der Waals surface area contributed by atoms with Crippen molar-refractivity contribution >= 4 is 28.7 Å². The third-order valence-electron chi connectivity index (χ3n) is 2.50. The van der Waals surface area contributed by atoms with Gasteiger partial charge in [0.25, 0.3) is 0 Å². The smallest absolute Gasteiger partial charge is 0.150 e. The molecule has 0 atom stereocenters. The molecule has 0 amide bonds. The van der Waals surface area contributed by atoms with Crippen LogP contribution in [0.25, 0.3) is 11.0 Å². The van der Waals surface area contributed by atoms with E-state index in [4.69, 9.17) is 5.73 Å². The molecule has 4 heteroatoms. The molecule has 0 aliphatic heterocycles. The van der Waals surface area contributed by atoms with Crippen LogP contribution in [0.4, 0.5) is 5.69 Å². The minimum Gasteiger partial charge on any atom is -0.399 e. The second kappa shape index (κ2) is 4.14. The fourth-order valence-electron chi connectivity index (χ4n) is 1.66. The molecule has 0 bridgehead atoms. The normalized spacial score (nSPS) is 10.8. The van der Waals surface area contributed by atoms with Crippen LogP contribution in [0.2, 0.25) is 0 Å². The molecule has 0 unspecified atom stereocenters. The Morgan fingerprint density at radius 3 is 2.71 bits per heavy atom. The van der Waals surface area contributed by atoms with Crippen molar-refractivity contribution in [1.29, 1.82) is 0 Å². The van der Waals surface area contributed by atoms with Crippen molar-refractivity contribution in [2.45, 2.75) is 4.90 Å². The quantitative estimate of drug-likeness (QED) is 0.701. The summed E-state index contributed by atoms with van der Waals surface area (Å²) in [4.78, 5) is 5.51. The fraction of sp³-hybridized carbons (Fsp3) is 0. The van der Waals surface area contributed by atoms with Gasteiger partial charge in [0.05, 0.1) is 0 Å². The molecular weight excluding hydrogens is 230 g/mol. The summed E-state index contributed by atoms with van der Waals surface area (Å²) >= 11 is 1.63. The maximum Gasteiger partial charge on any atom is 0.150 e. The second-order valence-corrected chi connectivity index (χ2v) is 4.77. The van der Waals surface area contributed by atoms with Gasteiger partial charge in [-0.05, 0) is 54.4 Å². The van der Waals surface area contributed by atoms with Crippen molar-refractivity contribution < 1.29 is 0 Å². The van der Waals surface area contributed by atoms with Crippen LogP contribution in [0.3, 0.4) is 0 Å². The predicted molar refractivity (Wildman–Crippen MR) is 71.8 cm³/mol. The van der Waals surface area contributed by atoms with Crippen molar-refractivity contribution in [2.24, 2.45) is 0 Å². The lowest BCUT2D eigenvalue weighted by atomic mass is 10.3. The van der Waals surface area contributed by atoms with Crippen LogP contribution in [0.5, 0.6) is 0 Å². The van der Waals surface area contributed by atoms with E-state index in [1.165, 1.54) is 0 Å². The molecule has 0 fully saturated rings. The maximum absolute atomic E-state index is 5.66. The van der Waals surface area contributed by atoms with E-state index in [1.54, 1.807) is 11.9 Å². The number of nitrogen functional groups attached to an aromatic ring is 1. The first-order valence-electron chi connectivity index (χ1n) is 5.29. The van der Waals surface area contributed by atoms with E-state index < -0.39 is 0 Å². The van der Waals surface area contributed by atoms with E-state index in [2.05, 4.69) is 21.1 Å². The lowest BCUT2D eigenvalue weighted by molar-refractivity contribution is 1.25. The summed E-state index contributed by atoms with van der Waals surface area (Å²) in [6, 6.07) is 13.9. The van der Waals surface area contributed by atoms with Crippen molar-refractivity contribution in [3.8, 4) is 0 Å². The number of nitrogens with two attached hydrogens (primary N) is 1. The molecule has 0 aliphatic carbocycles. The molecule has 2 N–H and O–H groups in total. The summed E-state index contributed by atoms with van der Waals surface area (Å²) in [7, 11) is 0. The minimum absolute atomic E-state index is 0.782. The lowest BCUT2D eigenvalue weighted by Crippen LogP contribution is -1.87. The highest BCUT2D eigenvalue weighted by Gasteiger charge is 2.02. The Bertz CT molecular complexity index is 643. The van der Waals surface area contributed by atoms with Gasteiger partial charge in [-0.1, -0.05) is 0 Å². The molecule has 0 spiro atoms. The van der Waals surface area contributed by atoms with Gasteiger partial charge in [-0.3, -0.25) is 3.97 Å². The molecule has 0 saturated carbocycles. The van der Waals surface area contributed by atoms with Gasteiger partial charge in [0.2, 0.25) is 0 Å². The highest BCUT2D eigenvalue weighted by atomic mass is 32.2. The van der Waals surface area contributed by atoms with Crippen LogP contribution in [0.15, 0.2) is 59.8 Å². The van der Waals surface area contributed by atoms with E-state index in [0.717, 1.165) is 21.6 Å². The van der Waals surface area contributed by atoms with E-state index in [9.17, 15) is 0 Å². The molecule has 3 nitrogen and oxygen atoms in total. The van der Waals surface area contributed by atoms with Gasteiger partial charge < -0.3 is 5.73 Å². The standard InChI is InChI=1S/C13H11N3S/c14-11-3-5-12(6-4-11)17-16-9-7-10-2-1-8-15-13(10)16/h1-9H,14H2. The van der Waals surface area contributed by atoms with E-state index in [-0.39, 0.29) is 0 Å². The highest BCUT2D eigenvalue weighted by molar-refractivity contribution is 7.98. The number of pyridine rings is 1. The van der Waals surface area contributed by atoms with Gasteiger partial charge in [0, 0.05) is 28.4 Å². The summed E-state index contributed by atoms with van der Waals surface area (Å²) in [5.74, 6) is 0. The predicted octanol–water partition coefficient (Wildman–Crippen LogP) is 3.17. The molecule has 1 aromatic carbocycles. The van der Waals surface area contributed by atoms with Crippen molar-refractivity contribution in [3.63, 3.8) is 0 Å². The van der Waals surface area contributed by atoms with Crippen molar-refractivity contribution in [1.82, 2.24) is 8.96 Å². The van der Waals surface area contributed by atoms with Crippen molar-refractivity contribution in [3.05, 3.63) is 54.9 Å². The molecular formula is C13H11N3S. The first-order chi connectivity index (χ1) is 8.33. The Labute approximate surface area is 103 Å². The molecule has 2 heterocycles. The summed E-state index contributed by atoms with van der Waals surface area (Å²) in [5.41, 5.74) is 7.43. The first-order valence-corrected chi connectivity index (χ1v) is 6.06. The third-order valence-corrected chi connectivity index (χ3v) is 3.47. The lowest BCUT2D eigenvalue weighted by Gasteiger charge is -2.03. The summed E-state index contributed by atoms with van der Waals surface area (Å²) < 4.78 is 2.06. The van der Waals surface area contributed by atoms with Gasteiger partial charge in [-0.15, -0.1) is 0 Å². The molecule has 0 aliphatic rings. The van der Waals surface area contributed by atoms with Crippen LogP contribution in [0, 0.1) is 0 Å². The summed E-state index contributed by atoms with van der Waals surface area (Å²) in [6.07, 6.45) is 3.83.